The first-order chi connectivity index (χ1) is 13.7. The Bertz CT molecular complexity index is 756. The van der Waals surface area contributed by atoms with Crippen LogP contribution in [0.5, 0.6) is 0 Å². The highest BCUT2D eigenvalue weighted by molar-refractivity contribution is 6.69. The number of nitro benzene ring substituents is 1. The van der Waals surface area contributed by atoms with Gasteiger partial charge >= 0.3 is 11.9 Å². The largest absolute Gasteiger partial charge is 0.465 e. The van der Waals surface area contributed by atoms with Crippen LogP contribution in [-0.2, 0) is 23.5 Å². The average Bonchev–Trinajstić information content (AvgIpc) is 2.58. The van der Waals surface area contributed by atoms with Crippen molar-refractivity contribution >= 4 is 25.9 Å². The maximum absolute atomic E-state index is 12.8. The Morgan fingerprint density at radius 1 is 1.20 bits per heavy atom. The van der Waals surface area contributed by atoms with E-state index >= 15 is 0 Å². The SMILES string of the molecule is CCOC(=O)C(NCC(=O)OC(C)(C)C)C(O[Si](C)(C)C)c1ccccc1[N+](=O)[O-]. The lowest BCUT2D eigenvalue weighted by Gasteiger charge is -2.32. The van der Waals surface area contributed by atoms with E-state index in [0.717, 1.165) is 0 Å². The average molecular weight is 441 g/mol. The molecule has 0 aliphatic carbocycles. The summed E-state index contributed by atoms with van der Waals surface area (Å²) in [6.07, 6.45) is -1.01. The number of carbonyl (C=O) groups excluding carboxylic acids is 2. The second kappa shape index (κ2) is 10.6. The minimum absolute atomic E-state index is 0.111. The van der Waals surface area contributed by atoms with Crippen LogP contribution in [0, 0.1) is 10.1 Å². The van der Waals surface area contributed by atoms with Gasteiger partial charge in [-0.2, -0.15) is 0 Å². The monoisotopic (exact) mass is 440 g/mol. The highest BCUT2D eigenvalue weighted by Gasteiger charge is 2.38. The Morgan fingerprint density at radius 2 is 1.80 bits per heavy atom. The molecule has 1 aromatic rings. The number of benzene rings is 1. The number of hydrogen-bond donors (Lipinski definition) is 1. The fourth-order valence-electron chi connectivity index (χ4n) is 2.70. The summed E-state index contributed by atoms with van der Waals surface area (Å²) in [5.74, 6) is -1.23. The number of rotatable bonds is 10. The van der Waals surface area contributed by atoms with Crippen LogP contribution in [0.25, 0.3) is 0 Å². The van der Waals surface area contributed by atoms with Crippen LogP contribution in [-0.4, -0.2) is 50.0 Å². The minimum Gasteiger partial charge on any atom is -0.465 e. The second-order valence-corrected chi connectivity index (χ2v) is 13.1. The Labute approximate surface area is 178 Å². The van der Waals surface area contributed by atoms with Gasteiger partial charge in [0.25, 0.3) is 5.69 Å². The lowest BCUT2D eigenvalue weighted by molar-refractivity contribution is -0.386. The molecule has 1 rings (SSSR count). The minimum atomic E-state index is -2.27. The summed E-state index contributed by atoms with van der Waals surface area (Å²) < 4.78 is 16.6. The van der Waals surface area contributed by atoms with Crippen LogP contribution in [0.3, 0.4) is 0 Å². The molecule has 1 N–H and O–H groups in total. The molecule has 0 saturated carbocycles. The number of esters is 2. The summed E-state index contributed by atoms with van der Waals surface area (Å²) in [5, 5.41) is 14.4. The van der Waals surface area contributed by atoms with Gasteiger partial charge in [0.2, 0.25) is 0 Å². The van der Waals surface area contributed by atoms with E-state index in [2.05, 4.69) is 5.32 Å². The molecular weight excluding hydrogens is 408 g/mol. The number of ether oxygens (including phenoxy) is 2. The maximum atomic E-state index is 12.8. The van der Waals surface area contributed by atoms with Crippen LogP contribution in [0.2, 0.25) is 19.6 Å². The van der Waals surface area contributed by atoms with E-state index in [1.165, 1.54) is 6.07 Å². The molecule has 0 fully saturated rings. The fraction of sp³-hybridized carbons (Fsp3) is 0.600. The van der Waals surface area contributed by atoms with Crippen molar-refractivity contribution in [2.45, 2.75) is 65.1 Å². The zero-order valence-electron chi connectivity index (χ0n) is 18.7. The molecule has 0 radical (unpaired) electrons. The molecule has 0 heterocycles. The van der Waals surface area contributed by atoms with Gasteiger partial charge in [0.15, 0.2) is 8.32 Å². The van der Waals surface area contributed by atoms with Crippen molar-refractivity contribution in [3.8, 4) is 0 Å². The highest BCUT2D eigenvalue weighted by Crippen LogP contribution is 2.33. The first kappa shape index (κ1) is 25.7. The summed E-state index contributed by atoms with van der Waals surface area (Å²) in [6, 6.07) is 4.95. The predicted molar refractivity (Wildman–Crippen MR) is 115 cm³/mol. The molecule has 30 heavy (non-hydrogen) atoms. The van der Waals surface area contributed by atoms with Gasteiger partial charge in [-0.25, -0.2) is 0 Å². The van der Waals surface area contributed by atoms with Crippen LogP contribution in [0.4, 0.5) is 5.69 Å². The van der Waals surface area contributed by atoms with Crippen molar-refractivity contribution in [2.75, 3.05) is 13.2 Å². The summed E-state index contributed by atoms with van der Waals surface area (Å²) in [6.45, 7) is 12.4. The zero-order valence-corrected chi connectivity index (χ0v) is 19.7. The van der Waals surface area contributed by atoms with Crippen molar-refractivity contribution in [2.24, 2.45) is 0 Å². The van der Waals surface area contributed by atoms with Crippen molar-refractivity contribution < 1.29 is 28.4 Å². The zero-order chi connectivity index (χ0) is 23.1. The Kier molecular flexibility index (Phi) is 9.13. The first-order valence-corrected chi connectivity index (χ1v) is 13.2. The fourth-order valence-corrected chi connectivity index (χ4v) is 3.73. The van der Waals surface area contributed by atoms with Gasteiger partial charge < -0.3 is 13.9 Å². The Hall–Kier alpha value is -2.30. The lowest BCUT2D eigenvalue weighted by atomic mass is 10.0. The van der Waals surface area contributed by atoms with E-state index in [-0.39, 0.29) is 24.4 Å². The van der Waals surface area contributed by atoms with Crippen molar-refractivity contribution in [3.63, 3.8) is 0 Å². The summed E-state index contributed by atoms with van der Waals surface area (Å²) in [4.78, 5) is 36.0. The van der Waals surface area contributed by atoms with E-state index in [1.807, 2.05) is 19.6 Å². The molecule has 0 aliphatic rings. The van der Waals surface area contributed by atoms with Crippen LogP contribution in [0.15, 0.2) is 24.3 Å². The summed E-state index contributed by atoms with van der Waals surface area (Å²) in [7, 11) is -2.27. The molecule has 0 aliphatic heterocycles. The van der Waals surface area contributed by atoms with Crippen molar-refractivity contribution in [3.05, 3.63) is 39.9 Å². The van der Waals surface area contributed by atoms with Gasteiger partial charge in [-0.05, 0) is 53.4 Å². The first-order valence-electron chi connectivity index (χ1n) is 9.78. The molecule has 2 atom stereocenters. The quantitative estimate of drug-likeness (QED) is 0.255. The molecule has 0 bridgehead atoms. The topological polar surface area (TPSA) is 117 Å². The third kappa shape index (κ3) is 8.60. The number of carbonyl (C=O) groups is 2. The summed E-state index contributed by atoms with van der Waals surface area (Å²) in [5.41, 5.74) is -0.626. The smallest absolute Gasteiger partial charge is 0.326 e. The molecule has 10 heteroatoms. The van der Waals surface area contributed by atoms with Crippen molar-refractivity contribution in [1.82, 2.24) is 5.32 Å². The molecular formula is C20H32N2O7Si. The standard InChI is InChI=1S/C20H32N2O7Si/c1-8-27-19(24)17(21-13-16(23)28-20(2,3)4)18(29-30(5,6)7)14-11-9-10-12-15(14)22(25)26/h9-12,17-18,21H,8,13H2,1-7H3. The van der Waals surface area contributed by atoms with E-state index in [9.17, 15) is 19.7 Å². The predicted octanol–water partition coefficient (Wildman–Crippen LogP) is 3.35. The lowest BCUT2D eigenvalue weighted by Crippen LogP contribution is -2.49. The number of nitro groups is 1. The van der Waals surface area contributed by atoms with E-state index in [0.29, 0.717) is 0 Å². The van der Waals surface area contributed by atoms with E-state index in [1.54, 1.807) is 45.9 Å². The maximum Gasteiger partial charge on any atom is 0.326 e. The highest BCUT2D eigenvalue weighted by atomic mass is 28.4. The van der Waals surface area contributed by atoms with Gasteiger partial charge in [-0.1, -0.05) is 12.1 Å². The number of nitrogens with one attached hydrogen (secondary N) is 1. The molecule has 0 spiro atoms. The number of nitrogens with zero attached hydrogens (tertiary/aromatic N) is 1. The molecule has 0 saturated heterocycles. The second-order valence-electron chi connectivity index (χ2n) is 8.66. The number of hydrogen-bond acceptors (Lipinski definition) is 8. The molecule has 168 valence electrons. The third-order valence-corrected chi connectivity index (χ3v) is 4.61. The van der Waals surface area contributed by atoms with E-state index in [4.69, 9.17) is 13.9 Å². The normalized spacial score (nSPS) is 14.0. The Balaban J connectivity index is 3.34. The van der Waals surface area contributed by atoms with Gasteiger partial charge in [0, 0.05) is 6.07 Å². The third-order valence-electron chi connectivity index (χ3n) is 3.65. The van der Waals surface area contributed by atoms with Crippen LogP contribution >= 0.6 is 0 Å². The van der Waals surface area contributed by atoms with Gasteiger partial charge in [0.1, 0.15) is 17.7 Å². The molecule has 1 aromatic carbocycles. The van der Waals surface area contributed by atoms with Gasteiger partial charge in [-0.15, -0.1) is 0 Å². The van der Waals surface area contributed by atoms with Gasteiger partial charge in [-0.3, -0.25) is 25.0 Å². The van der Waals surface area contributed by atoms with Crippen molar-refractivity contribution in [1.29, 1.82) is 0 Å². The van der Waals surface area contributed by atoms with Crippen LogP contribution in [0.1, 0.15) is 39.4 Å². The molecule has 2 unspecified atom stereocenters. The Morgan fingerprint density at radius 3 is 2.30 bits per heavy atom. The number of para-hydroxylation sites is 1. The molecule has 0 aromatic heterocycles. The van der Waals surface area contributed by atoms with Crippen LogP contribution < -0.4 is 5.32 Å². The summed E-state index contributed by atoms with van der Waals surface area (Å²) >= 11 is 0. The van der Waals surface area contributed by atoms with Gasteiger partial charge in [0.05, 0.1) is 23.6 Å². The molecule has 0 amide bonds. The van der Waals surface area contributed by atoms with E-state index < -0.39 is 42.9 Å². The molecule has 9 nitrogen and oxygen atoms in total.